The molecule has 1 atom stereocenters. The number of nitrogens with zero attached hydrogens (tertiary/aromatic N) is 1. The lowest BCUT2D eigenvalue weighted by molar-refractivity contribution is 0.146. The molecule has 0 unspecified atom stereocenters. The zero-order valence-corrected chi connectivity index (χ0v) is 15.5. The third kappa shape index (κ3) is 4.98. The van der Waals surface area contributed by atoms with Crippen molar-refractivity contribution in [2.75, 3.05) is 32.2 Å². The summed E-state index contributed by atoms with van der Waals surface area (Å²) in [7, 11) is 1.61. The number of para-hydroxylation sites is 2. The lowest BCUT2D eigenvalue weighted by Gasteiger charge is -2.36. The number of ether oxygens (including phenoxy) is 2. The SMILES string of the molecule is COCCOc1ccccc1NC(=O)N1CCCC[C@H]1c1ccc(F)cc1. The number of rotatable bonds is 6. The van der Waals surface area contributed by atoms with Crippen LogP contribution in [0.1, 0.15) is 30.9 Å². The van der Waals surface area contributed by atoms with Gasteiger partial charge in [0.15, 0.2) is 0 Å². The van der Waals surface area contributed by atoms with Crippen LogP contribution in [-0.2, 0) is 4.74 Å². The van der Waals surface area contributed by atoms with E-state index < -0.39 is 0 Å². The second kappa shape index (κ2) is 9.37. The quantitative estimate of drug-likeness (QED) is 0.754. The predicted octanol–water partition coefficient (Wildman–Crippen LogP) is 4.61. The smallest absolute Gasteiger partial charge is 0.322 e. The Morgan fingerprint density at radius 1 is 1.15 bits per heavy atom. The van der Waals surface area contributed by atoms with Gasteiger partial charge in [-0.15, -0.1) is 0 Å². The van der Waals surface area contributed by atoms with Crippen molar-refractivity contribution < 1.29 is 18.7 Å². The highest BCUT2D eigenvalue weighted by Gasteiger charge is 2.28. The topological polar surface area (TPSA) is 50.8 Å². The number of nitrogens with one attached hydrogen (secondary N) is 1. The molecule has 2 aromatic rings. The number of halogens is 1. The predicted molar refractivity (Wildman–Crippen MR) is 103 cm³/mol. The van der Waals surface area contributed by atoms with Gasteiger partial charge in [0, 0.05) is 13.7 Å². The summed E-state index contributed by atoms with van der Waals surface area (Å²) in [5.41, 5.74) is 1.58. The minimum absolute atomic E-state index is 0.0547. The Morgan fingerprint density at radius 3 is 2.70 bits per heavy atom. The monoisotopic (exact) mass is 372 g/mol. The molecule has 6 heteroatoms. The number of benzene rings is 2. The molecule has 1 aliphatic rings. The maximum atomic E-state index is 13.3. The van der Waals surface area contributed by atoms with Gasteiger partial charge in [0.05, 0.1) is 18.3 Å². The molecule has 2 amide bonds. The average molecular weight is 372 g/mol. The van der Waals surface area contributed by atoms with E-state index in [1.807, 2.05) is 29.2 Å². The Labute approximate surface area is 159 Å². The van der Waals surface area contributed by atoms with E-state index in [0.717, 1.165) is 24.8 Å². The molecule has 0 saturated carbocycles. The highest BCUT2D eigenvalue weighted by Crippen LogP contribution is 2.32. The third-order valence-corrected chi connectivity index (χ3v) is 4.69. The molecular formula is C21H25FN2O3. The first-order chi connectivity index (χ1) is 13.2. The van der Waals surface area contributed by atoms with E-state index in [-0.39, 0.29) is 17.9 Å². The van der Waals surface area contributed by atoms with E-state index >= 15 is 0 Å². The van der Waals surface area contributed by atoms with Crippen molar-refractivity contribution >= 4 is 11.7 Å². The van der Waals surface area contributed by atoms with Gasteiger partial charge in [0.25, 0.3) is 0 Å². The van der Waals surface area contributed by atoms with Crippen LogP contribution in [0, 0.1) is 5.82 Å². The standard InChI is InChI=1S/C21H25FN2O3/c1-26-14-15-27-20-8-3-2-6-18(20)23-21(25)24-13-5-4-7-19(24)16-9-11-17(22)12-10-16/h2-3,6,8-12,19H,4-5,7,13-15H2,1H3,(H,23,25)/t19-/m0/s1. The van der Waals surface area contributed by atoms with Crippen LogP contribution in [0.2, 0.25) is 0 Å². The van der Waals surface area contributed by atoms with Gasteiger partial charge < -0.3 is 19.7 Å². The second-order valence-corrected chi connectivity index (χ2v) is 6.52. The molecule has 27 heavy (non-hydrogen) atoms. The highest BCUT2D eigenvalue weighted by atomic mass is 19.1. The second-order valence-electron chi connectivity index (χ2n) is 6.52. The summed E-state index contributed by atoms with van der Waals surface area (Å²) in [6.45, 7) is 1.55. The van der Waals surface area contributed by atoms with Gasteiger partial charge >= 0.3 is 6.03 Å². The minimum Gasteiger partial charge on any atom is -0.489 e. The van der Waals surface area contributed by atoms with Gasteiger partial charge in [0.1, 0.15) is 18.2 Å². The fourth-order valence-corrected chi connectivity index (χ4v) is 3.32. The van der Waals surface area contributed by atoms with Gasteiger partial charge in [-0.3, -0.25) is 0 Å². The Kier molecular flexibility index (Phi) is 6.65. The van der Waals surface area contributed by atoms with Gasteiger partial charge in [-0.05, 0) is 49.1 Å². The molecule has 2 aromatic carbocycles. The molecule has 1 heterocycles. The average Bonchev–Trinajstić information content (AvgIpc) is 2.70. The fraction of sp³-hybridized carbons (Fsp3) is 0.381. The van der Waals surface area contributed by atoms with Gasteiger partial charge in [-0.2, -0.15) is 0 Å². The molecule has 1 aliphatic heterocycles. The van der Waals surface area contributed by atoms with Crippen molar-refractivity contribution in [1.29, 1.82) is 0 Å². The molecule has 0 radical (unpaired) electrons. The van der Waals surface area contributed by atoms with Crippen molar-refractivity contribution in [2.45, 2.75) is 25.3 Å². The summed E-state index contributed by atoms with van der Waals surface area (Å²) < 4.78 is 23.9. The van der Waals surface area contributed by atoms with E-state index in [1.165, 1.54) is 12.1 Å². The molecule has 3 rings (SSSR count). The first-order valence-electron chi connectivity index (χ1n) is 9.23. The number of hydrogen-bond donors (Lipinski definition) is 1. The molecule has 0 spiro atoms. The van der Waals surface area contributed by atoms with E-state index in [2.05, 4.69) is 5.32 Å². The van der Waals surface area contributed by atoms with Gasteiger partial charge in [-0.1, -0.05) is 24.3 Å². The lowest BCUT2D eigenvalue weighted by atomic mass is 9.95. The largest absolute Gasteiger partial charge is 0.489 e. The van der Waals surface area contributed by atoms with Crippen LogP contribution in [0.4, 0.5) is 14.9 Å². The van der Waals surface area contributed by atoms with Gasteiger partial charge in [0.2, 0.25) is 0 Å². The molecule has 0 aromatic heterocycles. The number of methoxy groups -OCH3 is 1. The maximum Gasteiger partial charge on any atom is 0.322 e. The number of anilines is 1. The summed E-state index contributed by atoms with van der Waals surface area (Å²) in [4.78, 5) is 14.8. The van der Waals surface area contributed by atoms with Crippen molar-refractivity contribution in [2.24, 2.45) is 0 Å². The fourth-order valence-electron chi connectivity index (χ4n) is 3.32. The van der Waals surface area contributed by atoms with Crippen LogP contribution < -0.4 is 10.1 Å². The number of carbonyl (C=O) groups is 1. The molecule has 1 fully saturated rings. The van der Waals surface area contributed by atoms with E-state index in [0.29, 0.717) is 31.2 Å². The van der Waals surface area contributed by atoms with E-state index in [1.54, 1.807) is 19.2 Å². The Balaban J connectivity index is 1.73. The summed E-state index contributed by atoms with van der Waals surface area (Å²) >= 11 is 0. The van der Waals surface area contributed by atoms with Crippen molar-refractivity contribution in [3.8, 4) is 5.75 Å². The Hall–Kier alpha value is -2.60. The Morgan fingerprint density at radius 2 is 1.93 bits per heavy atom. The van der Waals surface area contributed by atoms with E-state index in [4.69, 9.17) is 9.47 Å². The number of carbonyl (C=O) groups excluding carboxylic acids is 1. The normalized spacial score (nSPS) is 16.8. The number of piperidine rings is 1. The minimum atomic E-state index is -0.271. The Bertz CT molecular complexity index is 751. The first-order valence-corrected chi connectivity index (χ1v) is 9.23. The summed E-state index contributed by atoms with van der Waals surface area (Å²) in [5, 5.41) is 2.97. The maximum absolute atomic E-state index is 13.3. The van der Waals surface area contributed by atoms with Crippen LogP contribution in [0.15, 0.2) is 48.5 Å². The summed E-state index contributed by atoms with van der Waals surface area (Å²) in [5.74, 6) is 0.339. The summed E-state index contributed by atoms with van der Waals surface area (Å²) in [6, 6.07) is 13.5. The van der Waals surface area contributed by atoms with Crippen LogP contribution in [-0.4, -0.2) is 37.8 Å². The van der Waals surface area contributed by atoms with Gasteiger partial charge in [-0.25, -0.2) is 9.18 Å². The number of urea groups is 1. The van der Waals surface area contributed by atoms with Crippen molar-refractivity contribution in [3.05, 3.63) is 59.9 Å². The van der Waals surface area contributed by atoms with Crippen molar-refractivity contribution in [1.82, 2.24) is 4.90 Å². The summed E-state index contributed by atoms with van der Waals surface area (Å²) in [6.07, 6.45) is 2.87. The highest BCUT2D eigenvalue weighted by molar-refractivity contribution is 5.91. The lowest BCUT2D eigenvalue weighted by Crippen LogP contribution is -2.41. The number of amides is 2. The third-order valence-electron chi connectivity index (χ3n) is 4.69. The molecule has 1 saturated heterocycles. The van der Waals surface area contributed by atoms with E-state index in [9.17, 15) is 9.18 Å². The molecule has 1 N–H and O–H groups in total. The molecule has 0 bridgehead atoms. The molecular weight excluding hydrogens is 347 g/mol. The van der Waals surface area contributed by atoms with Crippen LogP contribution in [0.3, 0.4) is 0 Å². The van der Waals surface area contributed by atoms with Crippen LogP contribution in [0.5, 0.6) is 5.75 Å². The van der Waals surface area contributed by atoms with Crippen LogP contribution >= 0.6 is 0 Å². The molecule has 5 nitrogen and oxygen atoms in total. The van der Waals surface area contributed by atoms with Crippen LogP contribution in [0.25, 0.3) is 0 Å². The first kappa shape index (κ1) is 19.2. The zero-order valence-electron chi connectivity index (χ0n) is 15.5. The molecule has 0 aliphatic carbocycles. The molecule has 144 valence electrons. The zero-order chi connectivity index (χ0) is 19.1. The van der Waals surface area contributed by atoms with Crippen molar-refractivity contribution in [3.63, 3.8) is 0 Å². The number of likely N-dealkylation sites (tertiary alicyclic amines) is 1. The number of hydrogen-bond acceptors (Lipinski definition) is 3.